The number of anilines is 1. The van der Waals surface area contributed by atoms with Crippen molar-refractivity contribution in [2.45, 2.75) is 170 Å². The first-order valence-electron chi connectivity index (χ1n) is 30.2. The number of pyridine rings is 1. The number of aryl methyl sites for hydroxylation is 2. The van der Waals surface area contributed by atoms with Crippen molar-refractivity contribution < 1.29 is 28.6 Å². The van der Waals surface area contributed by atoms with Crippen LogP contribution >= 0.6 is 0 Å². The number of hydrazine groups is 1. The van der Waals surface area contributed by atoms with E-state index < -0.39 is 0 Å². The van der Waals surface area contributed by atoms with Gasteiger partial charge in [-0.15, -0.1) is 0 Å². The number of nitrogens with zero attached hydrogens (tertiary/aromatic N) is 6. The smallest absolute Gasteiger partial charge is 0.302 e. The number of piperazine rings is 1. The van der Waals surface area contributed by atoms with Crippen molar-refractivity contribution in [2.75, 3.05) is 91.7 Å². The number of methoxy groups -OCH3 is 1. The summed E-state index contributed by atoms with van der Waals surface area (Å²) in [7, 11) is 5.80. The van der Waals surface area contributed by atoms with Gasteiger partial charge < -0.3 is 49.3 Å². The molecule has 2 aromatic heterocycles. The van der Waals surface area contributed by atoms with Gasteiger partial charge in [-0.05, 0) is 132 Å². The molecule has 4 aliphatic heterocycles. The molecule has 0 bridgehead atoms. The topological polar surface area (TPSA) is 200 Å². The molecule has 0 aliphatic carbocycles. The van der Waals surface area contributed by atoms with Crippen LogP contribution in [-0.4, -0.2) is 147 Å². The summed E-state index contributed by atoms with van der Waals surface area (Å²) in [6, 6.07) is 19.2. The van der Waals surface area contributed by atoms with Gasteiger partial charge in [0.1, 0.15) is 6.29 Å². The predicted octanol–water partition coefficient (Wildman–Crippen LogP) is 10.1. The molecular weight excluding hydrogens is 1020 g/mol. The Morgan fingerprint density at radius 2 is 1.69 bits per heavy atom. The Balaban J connectivity index is 0.000000427. The highest BCUT2D eigenvalue weighted by molar-refractivity contribution is 5.95. The number of carbonyl (C=O) groups is 3. The van der Waals surface area contributed by atoms with E-state index in [4.69, 9.17) is 24.9 Å². The van der Waals surface area contributed by atoms with Crippen LogP contribution in [0.2, 0.25) is 0 Å². The number of nitrogens with two attached hydrogens (primary N) is 3. The molecule has 7 N–H and O–H groups in total. The van der Waals surface area contributed by atoms with Gasteiger partial charge in [0.15, 0.2) is 0 Å². The van der Waals surface area contributed by atoms with E-state index in [1.165, 1.54) is 77.3 Å². The maximum absolute atomic E-state index is 12.0. The summed E-state index contributed by atoms with van der Waals surface area (Å²) in [6.07, 6.45) is 16.4. The summed E-state index contributed by atoms with van der Waals surface area (Å²) in [5.41, 5.74) is 16.6. The molecule has 4 saturated heterocycles. The van der Waals surface area contributed by atoms with Gasteiger partial charge in [-0.3, -0.25) is 31.2 Å². The van der Waals surface area contributed by atoms with Gasteiger partial charge in [0, 0.05) is 106 Å². The normalized spacial score (nSPS) is 17.7. The number of esters is 1. The van der Waals surface area contributed by atoms with Gasteiger partial charge >= 0.3 is 5.97 Å². The number of benzene rings is 2. The van der Waals surface area contributed by atoms with Crippen molar-refractivity contribution in [1.82, 2.24) is 29.6 Å². The van der Waals surface area contributed by atoms with E-state index >= 15 is 0 Å². The summed E-state index contributed by atoms with van der Waals surface area (Å²) >= 11 is 0. The fourth-order valence-electron chi connectivity index (χ4n) is 12.1. The minimum Gasteiger partial charge on any atom is -0.465 e. The molecule has 3 atom stereocenters. The molecule has 3 unspecified atom stereocenters. The fraction of sp³-hybridized carbons (Fsp3) is 0.631. The first-order chi connectivity index (χ1) is 38.9. The second kappa shape index (κ2) is 34.4. The Morgan fingerprint density at radius 3 is 2.30 bits per heavy atom. The number of hydrogen-bond donors (Lipinski definition) is 4. The largest absolute Gasteiger partial charge is 0.465 e. The Labute approximate surface area is 487 Å². The highest BCUT2D eigenvalue weighted by Gasteiger charge is 2.37. The van der Waals surface area contributed by atoms with Crippen LogP contribution in [0.1, 0.15) is 149 Å². The number of likely N-dealkylation sites (N-methyl/N-ethyl adjacent to an activating group) is 1. The first kappa shape index (κ1) is 68.3. The van der Waals surface area contributed by atoms with Gasteiger partial charge in [-0.25, -0.2) is 0 Å². The summed E-state index contributed by atoms with van der Waals surface area (Å²) in [5, 5.41) is 4.57. The van der Waals surface area contributed by atoms with Crippen LogP contribution in [-0.2, 0) is 48.0 Å². The summed E-state index contributed by atoms with van der Waals surface area (Å²) in [4.78, 5) is 47.5. The number of hydrogen-bond acceptors (Lipinski definition) is 14. The highest BCUT2D eigenvalue weighted by atomic mass is 16.5. The van der Waals surface area contributed by atoms with E-state index in [1.807, 2.05) is 32.8 Å². The van der Waals surface area contributed by atoms with Crippen LogP contribution in [0.25, 0.3) is 33.3 Å². The number of piperidine rings is 2. The SMILES string of the molecule is C=C(N)C(C(C)C)N(C)C.CC.CCn1c(-c2cc(N3CCN4CCCCC4C3)cnc2C(C)OC)c(CC(C)(C)COC(C)=O)c2cc(-c3cccc(CCCCCCC=O)c3)ccc21.NN.O=CN1CCC2(CC1)CNCCO2. The van der Waals surface area contributed by atoms with Crippen molar-refractivity contribution >= 4 is 35.3 Å². The number of aromatic nitrogens is 2. The lowest BCUT2D eigenvalue weighted by atomic mass is 9.84. The lowest BCUT2D eigenvalue weighted by molar-refractivity contribution is -0.144. The molecule has 4 aliphatic rings. The third-order valence-electron chi connectivity index (χ3n) is 16.3. The van der Waals surface area contributed by atoms with Gasteiger partial charge in [-0.2, -0.15) is 0 Å². The number of morpholine rings is 1. The van der Waals surface area contributed by atoms with Crippen LogP contribution in [0.4, 0.5) is 5.69 Å². The number of amides is 1. The number of nitrogens with one attached hydrogen (secondary N) is 1. The molecule has 1 spiro atoms. The summed E-state index contributed by atoms with van der Waals surface area (Å²) < 4.78 is 19.9. The molecule has 6 heterocycles. The number of rotatable bonds is 21. The maximum atomic E-state index is 12.0. The van der Waals surface area contributed by atoms with Crippen LogP contribution in [0.5, 0.6) is 0 Å². The second-order valence-electron chi connectivity index (χ2n) is 23.5. The maximum Gasteiger partial charge on any atom is 0.302 e. The highest BCUT2D eigenvalue weighted by Crippen LogP contribution is 2.43. The molecular formula is C65H106N10O6. The number of likely N-dealkylation sites (tertiary alicyclic amines) is 1. The third kappa shape index (κ3) is 19.7. The Hall–Kier alpha value is -5.20. The molecule has 16 heteroatoms. The number of ether oxygens (including phenoxy) is 3. The van der Waals surface area contributed by atoms with Gasteiger partial charge in [0.2, 0.25) is 6.41 Å². The van der Waals surface area contributed by atoms with Gasteiger partial charge in [0.05, 0.1) is 54.2 Å². The molecule has 0 saturated carbocycles. The van der Waals surface area contributed by atoms with E-state index in [2.05, 4.69) is 139 Å². The van der Waals surface area contributed by atoms with Crippen molar-refractivity contribution in [3.63, 3.8) is 0 Å². The molecule has 2 aromatic carbocycles. The Bertz CT molecular complexity index is 2520. The average molecular weight is 1120 g/mol. The minimum absolute atomic E-state index is 0.0256. The van der Waals surface area contributed by atoms with Crippen LogP contribution in [0, 0.1) is 11.3 Å². The van der Waals surface area contributed by atoms with Crippen molar-refractivity contribution in [3.8, 4) is 22.4 Å². The average Bonchev–Trinajstić information content (AvgIpc) is 3.77. The summed E-state index contributed by atoms with van der Waals surface area (Å²) in [6.45, 7) is 32.1. The minimum atomic E-state index is -0.315. The standard InChI is InChI=1S/C46H62N4O4.C9H16N2O2.C8H18N2.C2H6.H4N2/c1-7-50-43-21-20-37(36-18-15-17-35(26-36)16-11-9-8-10-14-25-51)27-40(43)42(29-46(4,5)32-54-34(3)52)45(50)41-28-39(30-47-44(41)33(2)53-6)49-24-23-48-22-13-12-19-38(48)31-49;12-8-11-4-1-9(2-5-11)7-10-3-6-13-9;1-6(2)8(7(3)9)10(4)5;2*1-2/h15,17-18,20-21,25-28,30,33,38H,7-14,16,19,22-24,29,31-32H2,1-6H3;8,10H,1-7H2;6,8H,3,9H2,1-2,4-5H3;1-2H3;1-2H2. The van der Waals surface area contributed by atoms with Crippen molar-refractivity contribution in [3.05, 3.63) is 83.8 Å². The summed E-state index contributed by atoms with van der Waals surface area (Å²) in [5.74, 6) is 8.28. The van der Waals surface area contributed by atoms with E-state index in [0.29, 0.717) is 31.0 Å². The van der Waals surface area contributed by atoms with E-state index in [0.717, 1.165) is 140 Å². The number of carbonyl (C=O) groups excluding carboxylic acids is 3. The quantitative estimate of drug-likeness (QED) is 0.0202. The number of unbranched alkanes of at least 4 members (excludes halogenated alkanes) is 4. The van der Waals surface area contributed by atoms with Crippen LogP contribution < -0.4 is 27.6 Å². The van der Waals surface area contributed by atoms with Gasteiger partial charge in [-0.1, -0.05) is 97.7 Å². The second-order valence-corrected chi connectivity index (χ2v) is 23.5. The van der Waals surface area contributed by atoms with Gasteiger partial charge in [0.25, 0.3) is 0 Å². The molecule has 16 nitrogen and oxygen atoms in total. The van der Waals surface area contributed by atoms with E-state index in [9.17, 15) is 14.4 Å². The predicted molar refractivity (Wildman–Crippen MR) is 334 cm³/mol. The Morgan fingerprint density at radius 1 is 0.975 bits per heavy atom. The molecule has 4 fully saturated rings. The fourth-order valence-corrected chi connectivity index (χ4v) is 12.1. The molecule has 4 aromatic rings. The number of fused-ring (bicyclic) bond motifs is 2. The molecule has 452 valence electrons. The lowest BCUT2D eigenvalue weighted by Gasteiger charge is -2.45. The Kier molecular flexibility index (Phi) is 29.0. The van der Waals surface area contributed by atoms with Crippen molar-refractivity contribution in [1.29, 1.82) is 0 Å². The molecule has 81 heavy (non-hydrogen) atoms. The zero-order chi connectivity index (χ0) is 59.7. The molecule has 1 amide bonds. The monoisotopic (exact) mass is 1120 g/mol. The molecule has 8 rings (SSSR count). The van der Waals surface area contributed by atoms with Crippen LogP contribution in [0.3, 0.4) is 0 Å². The van der Waals surface area contributed by atoms with Crippen LogP contribution in [0.15, 0.2) is 67.0 Å². The van der Waals surface area contributed by atoms with Crippen molar-refractivity contribution in [2.24, 2.45) is 28.8 Å². The molecule has 0 radical (unpaired) electrons. The van der Waals surface area contributed by atoms with E-state index in [1.54, 1.807) is 7.11 Å². The lowest BCUT2D eigenvalue weighted by Crippen LogP contribution is -2.55. The third-order valence-corrected chi connectivity index (χ3v) is 16.3. The van der Waals surface area contributed by atoms with E-state index in [-0.39, 0.29) is 23.1 Å². The zero-order valence-corrected chi connectivity index (χ0v) is 52.0. The first-order valence-corrected chi connectivity index (χ1v) is 30.2. The zero-order valence-electron chi connectivity index (χ0n) is 52.0. The number of aldehydes is 1.